The van der Waals surface area contributed by atoms with Crippen LogP contribution in [-0.4, -0.2) is 55.3 Å². The SMILES string of the molecule is COc1ccc(N2C(=O)[C@H]3N=NN(CC(=O)Nc4ccc5c(c4)OCO5)[C@H]3C2=O)cc1Cl. The molecule has 0 saturated carbocycles. The first-order valence-electron chi connectivity index (χ1n) is 9.54. The number of amides is 3. The molecule has 3 aliphatic heterocycles. The van der Waals surface area contributed by atoms with Crippen LogP contribution in [0.2, 0.25) is 5.02 Å². The number of nitrogens with one attached hydrogen (secondary N) is 1. The number of anilines is 2. The van der Waals surface area contributed by atoms with Gasteiger partial charge in [0.1, 0.15) is 12.3 Å². The molecule has 3 heterocycles. The van der Waals surface area contributed by atoms with E-state index in [1.54, 1.807) is 30.3 Å². The quantitative estimate of drug-likeness (QED) is 0.681. The molecule has 0 radical (unpaired) electrons. The number of rotatable bonds is 5. The molecule has 0 aliphatic carbocycles. The number of hydrogen-bond donors (Lipinski definition) is 1. The Labute approximate surface area is 186 Å². The molecule has 11 nitrogen and oxygen atoms in total. The smallest absolute Gasteiger partial charge is 0.263 e. The Morgan fingerprint density at radius 3 is 2.78 bits per heavy atom. The van der Waals surface area contributed by atoms with Crippen LogP contribution in [0.3, 0.4) is 0 Å². The Balaban J connectivity index is 1.30. The van der Waals surface area contributed by atoms with E-state index in [1.807, 2.05) is 0 Å². The van der Waals surface area contributed by atoms with E-state index in [0.29, 0.717) is 28.6 Å². The summed E-state index contributed by atoms with van der Waals surface area (Å²) in [6.45, 7) is -0.147. The van der Waals surface area contributed by atoms with Gasteiger partial charge in [0.15, 0.2) is 23.6 Å². The zero-order valence-electron chi connectivity index (χ0n) is 16.6. The second-order valence-corrected chi connectivity index (χ2v) is 7.55. The van der Waals surface area contributed by atoms with Crippen molar-refractivity contribution < 1.29 is 28.6 Å². The van der Waals surface area contributed by atoms with Gasteiger partial charge in [-0.3, -0.25) is 19.4 Å². The van der Waals surface area contributed by atoms with Crippen molar-refractivity contribution >= 4 is 40.7 Å². The molecule has 5 rings (SSSR count). The molecule has 0 spiro atoms. The van der Waals surface area contributed by atoms with Crippen LogP contribution in [0.4, 0.5) is 11.4 Å². The van der Waals surface area contributed by atoms with Crippen molar-refractivity contribution in [1.29, 1.82) is 0 Å². The summed E-state index contributed by atoms with van der Waals surface area (Å²) in [6, 6.07) is 7.52. The van der Waals surface area contributed by atoms with Crippen LogP contribution in [0.1, 0.15) is 0 Å². The van der Waals surface area contributed by atoms with Crippen LogP contribution >= 0.6 is 11.6 Å². The molecule has 0 unspecified atom stereocenters. The number of fused-ring (bicyclic) bond motifs is 2. The number of benzene rings is 2. The molecule has 3 amide bonds. The number of methoxy groups -OCH3 is 1. The van der Waals surface area contributed by atoms with Gasteiger partial charge in [-0.05, 0) is 30.3 Å². The maximum absolute atomic E-state index is 13.0. The maximum atomic E-state index is 13.0. The third kappa shape index (κ3) is 3.26. The summed E-state index contributed by atoms with van der Waals surface area (Å²) in [7, 11) is 1.46. The third-order valence-electron chi connectivity index (χ3n) is 5.21. The first-order valence-corrected chi connectivity index (χ1v) is 9.92. The van der Waals surface area contributed by atoms with Crippen molar-refractivity contribution in [1.82, 2.24) is 5.01 Å². The van der Waals surface area contributed by atoms with Gasteiger partial charge in [0.05, 0.1) is 17.8 Å². The topological polar surface area (TPSA) is 122 Å². The number of ether oxygens (including phenoxy) is 3. The van der Waals surface area contributed by atoms with E-state index in [9.17, 15) is 14.4 Å². The maximum Gasteiger partial charge on any atom is 0.263 e. The van der Waals surface area contributed by atoms with Crippen molar-refractivity contribution in [3.8, 4) is 17.2 Å². The Bertz CT molecular complexity index is 1170. The minimum absolute atomic E-state index is 0.121. The molecule has 1 N–H and O–H groups in total. The van der Waals surface area contributed by atoms with Crippen LogP contribution in [0, 0.1) is 0 Å². The molecule has 32 heavy (non-hydrogen) atoms. The highest BCUT2D eigenvalue weighted by Crippen LogP contribution is 2.36. The number of carbonyl (C=O) groups excluding carboxylic acids is 3. The van der Waals surface area contributed by atoms with Crippen LogP contribution < -0.4 is 24.4 Å². The van der Waals surface area contributed by atoms with Gasteiger partial charge in [-0.1, -0.05) is 16.8 Å². The molecule has 12 heteroatoms. The normalized spacial score (nSPS) is 20.7. The summed E-state index contributed by atoms with van der Waals surface area (Å²) in [5.41, 5.74) is 0.787. The molecule has 2 aromatic carbocycles. The molecule has 3 aliphatic rings. The van der Waals surface area contributed by atoms with Crippen molar-refractivity contribution in [2.24, 2.45) is 10.3 Å². The average molecular weight is 458 g/mol. The summed E-state index contributed by atoms with van der Waals surface area (Å²) in [5, 5.41) is 12.0. The summed E-state index contributed by atoms with van der Waals surface area (Å²) in [6.07, 6.45) is 0. The Kier molecular flexibility index (Phi) is 4.82. The predicted octanol–water partition coefficient (Wildman–Crippen LogP) is 2.01. The number of hydrogen-bond acceptors (Lipinski definition) is 9. The fourth-order valence-corrected chi connectivity index (χ4v) is 3.98. The highest BCUT2D eigenvalue weighted by atomic mass is 35.5. The fraction of sp³-hybridized carbons (Fsp3) is 0.250. The number of halogens is 1. The van der Waals surface area contributed by atoms with E-state index >= 15 is 0 Å². The average Bonchev–Trinajstić information content (AvgIpc) is 3.45. The number of imide groups is 1. The van der Waals surface area contributed by atoms with E-state index in [1.165, 1.54) is 18.2 Å². The largest absolute Gasteiger partial charge is 0.495 e. The molecule has 0 aromatic heterocycles. The van der Waals surface area contributed by atoms with Crippen molar-refractivity contribution in [2.45, 2.75) is 12.1 Å². The molecule has 2 atom stereocenters. The monoisotopic (exact) mass is 457 g/mol. The van der Waals surface area contributed by atoms with Crippen LogP contribution in [0.15, 0.2) is 46.7 Å². The van der Waals surface area contributed by atoms with E-state index in [4.69, 9.17) is 25.8 Å². The zero-order chi connectivity index (χ0) is 22.4. The Morgan fingerprint density at radius 2 is 2.00 bits per heavy atom. The fourth-order valence-electron chi connectivity index (χ4n) is 3.72. The second-order valence-electron chi connectivity index (χ2n) is 7.14. The van der Waals surface area contributed by atoms with Crippen LogP contribution in [-0.2, 0) is 14.4 Å². The number of nitrogens with zero attached hydrogens (tertiary/aromatic N) is 4. The lowest BCUT2D eigenvalue weighted by Crippen LogP contribution is -2.43. The van der Waals surface area contributed by atoms with E-state index in [0.717, 1.165) is 4.90 Å². The summed E-state index contributed by atoms with van der Waals surface area (Å²) < 4.78 is 15.6. The molecular weight excluding hydrogens is 442 g/mol. The van der Waals surface area contributed by atoms with Gasteiger partial charge >= 0.3 is 0 Å². The lowest BCUT2D eigenvalue weighted by Gasteiger charge is -2.20. The standard InChI is InChI=1S/C20H16ClN5O6/c1-30-13-5-3-11(7-12(13)21)26-19(28)17-18(20(26)29)25(24-23-17)8-16(27)22-10-2-4-14-15(6-10)32-9-31-14/h2-7,17-18H,8-9H2,1H3,(H,22,27)/t17-,18+/m0/s1. The lowest BCUT2D eigenvalue weighted by atomic mass is 10.1. The van der Waals surface area contributed by atoms with Gasteiger partial charge in [-0.2, -0.15) is 5.11 Å². The summed E-state index contributed by atoms with van der Waals surface area (Å²) in [4.78, 5) is 39.4. The zero-order valence-corrected chi connectivity index (χ0v) is 17.4. The first-order chi connectivity index (χ1) is 15.5. The Hall–Kier alpha value is -3.86. The second kappa shape index (κ2) is 7.68. The van der Waals surface area contributed by atoms with Gasteiger partial charge < -0.3 is 19.5 Å². The van der Waals surface area contributed by atoms with Gasteiger partial charge in [-0.25, -0.2) is 4.90 Å². The van der Waals surface area contributed by atoms with Crippen molar-refractivity contribution in [3.05, 3.63) is 41.4 Å². The van der Waals surface area contributed by atoms with E-state index in [-0.39, 0.29) is 18.4 Å². The van der Waals surface area contributed by atoms with Gasteiger partial charge in [0, 0.05) is 11.8 Å². The van der Waals surface area contributed by atoms with E-state index in [2.05, 4.69) is 15.7 Å². The van der Waals surface area contributed by atoms with Crippen molar-refractivity contribution in [2.75, 3.05) is 30.7 Å². The summed E-state index contributed by atoms with van der Waals surface area (Å²) in [5.74, 6) is 0.0127. The highest BCUT2D eigenvalue weighted by Gasteiger charge is 2.55. The molecule has 164 valence electrons. The molecule has 1 saturated heterocycles. The number of carbonyl (C=O) groups is 3. The Morgan fingerprint density at radius 1 is 1.19 bits per heavy atom. The van der Waals surface area contributed by atoms with Gasteiger partial charge in [0.25, 0.3) is 11.8 Å². The van der Waals surface area contributed by atoms with Crippen LogP contribution in [0.25, 0.3) is 0 Å². The minimum Gasteiger partial charge on any atom is -0.495 e. The predicted molar refractivity (Wildman–Crippen MR) is 111 cm³/mol. The molecule has 0 bridgehead atoms. The van der Waals surface area contributed by atoms with Crippen molar-refractivity contribution in [3.63, 3.8) is 0 Å². The lowest BCUT2D eigenvalue weighted by molar-refractivity contribution is -0.123. The molecule has 1 fully saturated rings. The van der Waals surface area contributed by atoms with E-state index < -0.39 is 29.8 Å². The molecule has 2 aromatic rings. The van der Waals surface area contributed by atoms with Crippen LogP contribution in [0.5, 0.6) is 17.2 Å². The first kappa shape index (κ1) is 20.1. The van der Waals surface area contributed by atoms with Gasteiger partial charge in [-0.15, -0.1) is 0 Å². The van der Waals surface area contributed by atoms with Gasteiger partial charge in [0.2, 0.25) is 12.7 Å². The minimum atomic E-state index is -1.03. The summed E-state index contributed by atoms with van der Waals surface area (Å²) >= 11 is 6.14. The third-order valence-corrected chi connectivity index (χ3v) is 5.51. The molecular formula is C20H16ClN5O6. The highest BCUT2D eigenvalue weighted by molar-refractivity contribution is 6.33.